The van der Waals surface area contributed by atoms with Gasteiger partial charge in [0.15, 0.2) is 0 Å². The minimum absolute atomic E-state index is 0.772. The average Bonchev–Trinajstić information content (AvgIpc) is 3.09. The number of ether oxygens (including phenoxy) is 1. The number of aromatic nitrogens is 5. The van der Waals surface area contributed by atoms with Crippen molar-refractivity contribution in [2.75, 3.05) is 7.11 Å². The van der Waals surface area contributed by atoms with Crippen LogP contribution in [0.4, 0.5) is 0 Å². The molecule has 3 aromatic rings. The highest BCUT2D eigenvalue weighted by Crippen LogP contribution is 2.28. The van der Waals surface area contributed by atoms with Crippen LogP contribution in [0.1, 0.15) is 0 Å². The maximum absolute atomic E-state index is 5.13. The van der Waals surface area contributed by atoms with E-state index in [0.29, 0.717) is 0 Å². The third-order valence-electron chi connectivity index (χ3n) is 2.70. The van der Waals surface area contributed by atoms with Gasteiger partial charge in [-0.25, -0.2) is 0 Å². The predicted molar refractivity (Wildman–Crippen MR) is 66.0 cm³/mol. The van der Waals surface area contributed by atoms with E-state index >= 15 is 0 Å². The van der Waals surface area contributed by atoms with Gasteiger partial charge in [0.1, 0.15) is 11.4 Å². The lowest BCUT2D eigenvalue weighted by atomic mass is 10.1. The molecule has 0 fully saturated rings. The molecule has 0 atom stereocenters. The normalized spacial score (nSPS) is 10.5. The lowest BCUT2D eigenvalue weighted by molar-refractivity contribution is 0.415. The molecule has 0 radical (unpaired) electrons. The van der Waals surface area contributed by atoms with E-state index < -0.39 is 0 Å². The quantitative estimate of drug-likeness (QED) is 0.733. The summed E-state index contributed by atoms with van der Waals surface area (Å²) < 4.78 is 5.13. The Labute approximate surface area is 103 Å². The highest BCUT2D eigenvalue weighted by Gasteiger charge is 2.12. The third kappa shape index (κ3) is 1.73. The summed E-state index contributed by atoms with van der Waals surface area (Å²) in [5.41, 5.74) is 3.53. The number of H-pyrrole nitrogens is 2. The number of hydrogen-bond donors (Lipinski definition) is 2. The van der Waals surface area contributed by atoms with Gasteiger partial charge in [0.25, 0.3) is 0 Å². The average molecular weight is 241 g/mol. The van der Waals surface area contributed by atoms with Crippen molar-refractivity contribution in [2.24, 2.45) is 0 Å². The molecule has 6 heteroatoms. The van der Waals surface area contributed by atoms with E-state index in [2.05, 4.69) is 25.6 Å². The summed E-state index contributed by atoms with van der Waals surface area (Å²) in [6.45, 7) is 0. The minimum Gasteiger partial charge on any atom is -0.497 e. The Kier molecular flexibility index (Phi) is 2.53. The van der Waals surface area contributed by atoms with E-state index in [-0.39, 0.29) is 0 Å². The van der Waals surface area contributed by atoms with Crippen molar-refractivity contribution in [3.63, 3.8) is 0 Å². The van der Waals surface area contributed by atoms with Crippen LogP contribution in [0.3, 0.4) is 0 Å². The van der Waals surface area contributed by atoms with E-state index in [0.717, 1.165) is 28.3 Å². The predicted octanol–water partition coefficient (Wildman–Crippen LogP) is 1.87. The van der Waals surface area contributed by atoms with Crippen LogP contribution >= 0.6 is 0 Å². The Morgan fingerprint density at radius 1 is 1.11 bits per heavy atom. The van der Waals surface area contributed by atoms with E-state index in [4.69, 9.17) is 4.74 Å². The number of nitrogens with one attached hydrogen (secondary N) is 2. The number of benzene rings is 1. The first-order valence-corrected chi connectivity index (χ1v) is 5.43. The fourth-order valence-electron chi connectivity index (χ4n) is 1.77. The lowest BCUT2D eigenvalue weighted by Gasteiger charge is -2.02. The molecule has 2 aromatic heterocycles. The van der Waals surface area contributed by atoms with Crippen LogP contribution in [0.2, 0.25) is 0 Å². The summed E-state index contributed by atoms with van der Waals surface area (Å²) in [6.07, 6.45) is 3.50. The molecular formula is C12H11N5O. The smallest absolute Gasteiger partial charge is 0.123 e. The van der Waals surface area contributed by atoms with Crippen LogP contribution in [-0.2, 0) is 0 Å². The van der Waals surface area contributed by atoms with Gasteiger partial charge in [0.2, 0.25) is 0 Å². The molecule has 3 rings (SSSR count). The molecule has 0 unspecified atom stereocenters. The largest absolute Gasteiger partial charge is 0.497 e. The van der Waals surface area contributed by atoms with E-state index in [1.807, 2.05) is 24.3 Å². The molecule has 90 valence electrons. The first-order valence-electron chi connectivity index (χ1n) is 5.43. The van der Waals surface area contributed by atoms with Crippen molar-refractivity contribution < 1.29 is 4.74 Å². The molecule has 0 saturated carbocycles. The first-order chi connectivity index (χ1) is 8.88. The van der Waals surface area contributed by atoms with Crippen molar-refractivity contribution >= 4 is 0 Å². The monoisotopic (exact) mass is 241 g/mol. The molecule has 0 aliphatic rings. The Morgan fingerprint density at radius 2 is 1.94 bits per heavy atom. The van der Waals surface area contributed by atoms with Crippen molar-refractivity contribution in [1.82, 2.24) is 25.6 Å². The Balaban J connectivity index is 2.04. The fourth-order valence-corrected chi connectivity index (χ4v) is 1.77. The highest BCUT2D eigenvalue weighted by atomic mass is 16.5. The standard InChI is InChI=1S/C12H11N5O/c1-18-10-4-2-8(3-5-10)11-12(16-17-15-11)9-6-13-14-7-9/h2-7H,1H3,(H,13,14)(H,15,16,17). The third-order valence-corrected chi connectivity index (χ3v) is 2.70. The van der Waals surface area contributed by atoms with Crippen molar-refractivity contribution in [3.8, 4) is 28.3 Å². The molecule has 2 N–H and O–H groups in total. The van der Waals surface area contributed by atoms with Gasteiger partial charge in [-0.05, 0) is 24.3 Å². The number of nitrogens with zero attached hydrogens (tertiary/aromatic N) is 3. The molecule has 0 amide bonds. The molecule has 0 spiro atoms. The summed E-state index contributed by atoms with van der Waals surface area (Å²) in [6, 6.07) is 7.71. The topological polar surface area (TPSA) is 79.5 Å². The van der Waals surface area contributed by atoms with E-state index in [1.54, 1.807) is 19.5 Å². The SMILES string of the molecule is COc1ccc(-c2[nH]nnc2-c2cn[nH]c2)cc1. The Bertz CT molecular complexity index is 627. The van der Waals surface area contributed by atoms with Crippen molar-refractivity contribution in [3.05, 3.63) is 36.7 Å². The van der Waals surface area contributed by atoms with Crippen molar-refractivity contribution in [2.45, 2.75) is 0 Å². The van der Waals surface area contributed by atoms with Crippen LogP contribution in [0.15, 0.2) is 36.7 Å². The molecule has 0 saturated heterocycles. The summed E-state index contributed by atoms with van der Waals surface area (Å²) in [5, 5.41) is 17.5. The van der Waals surface area contributed by atoms with Crippen LogP contribution in [0.5, 0.6) is 5.75 Å². The highest BCUT2D eigenvalue weighted by molar-refractivity contribution is 5.76. The molecule has 0 bridgehead atoms. The van der Waals surface area contributed by atoms with Gasteiger partial charge in [0.05, 0.1) is 19.0 Å². The maximum atomic E-state index is 5.13. The fraction of sp³-hybridized carbons (Fsp3) is 0.0833. The van der Waals surface area contributed by atoms with Crippen LogP contribution < -0.4 is 4.74 Å². The lowest BCUT2D eigenvalue weighted by Crippen LogP contribution is -1.85. The molecule has 18 heavy (non-hydrogen) atoms. The van der Waals surface area contributed by atoms with Gasteiger partial charge in [-0.15, -0.1) is 5.10 Å². The number of aromatic amines is 2. The second kappa shape index (κ2) is 4.33. The molecule has 1 aromatic carbocycles. The van der Waals surface area contributed by atoms with Gasteiger partial charge in [-0.2, -0.15) is 5.10 Å². The number of hydrogen-bond acceptors (Lipinski definition) is 4. The second-order valence-electron chi connectivity index (χ2n) is 3.75. The van der Waals surface area contributed by atoms with E-state index in [1.165, 1.54) is 0 Å². The summed E-state index contributed by atoms with van der Waals surface area (Å²) >= 11 is 0. The molecule has 0 aliphatic carbocycles. The minimum atomic E-state index is 0.772. The van der Waals surface area contributed by atoms with Gasteiger partial charge in [0, 0.05) is 17.3 Å². The Hall–Kier alpha value is -2.63. The molecule has 2 heterocycles. The van der Waals surface area contributed by atoms with E-state index in [9.17, 15) is 0 Å². The van der Waals surface area contributed by atoms with Crippen LogP contribution in [0.25, 0.3) is 22.5 Å². The Morgan fingerprint density at radius 3 is 2.61 bits per heavy atom. The van der Waals surface area contributed by atoms with Crippen LogP contribution in [-0.4, -0.2) is 32.7 Å². The van der Waals surface area contributed by atoms with Crippen LogP contribution in [0, 0.1) is 0 Å². The summed E-state index contributed by atoms with van der Waals surface area (Å²) in [5.74, 6) is 0.816. The molecule has 0 aliphatic heterocycles. The zero-order chi connectivity index (χ0) is 12.4. The number of rotatable bonds is 3. The molecule has 6 nitrogen and oxygen atoms in total. The van der Waals surface area contributed by atoms with Gasteiger partial charge < -0.3 is 4.74 Å². The maximum Gasteiger partial charge on any atom is 0.123 e. The van der Waals surface area contributed by atoms with Gasteiger partial charge in [-0.1, -0.05) is 5.21 Å². The second-order valence-corrected chi connectivity index (χ2v) is 3.75. The zero-order valence-corrected chi connectivity index (χ0v) is 9.71. The van der Waals surface area contributed by atoms with Crippen molar-refractivity contribution in [1.29, 1.82) is 0 Å². The first kappa shape index (κ1) is 10.5. The summed E-state index contributed by atoms with van der Waals surface area (Å²) in [4.78, 5) is 0. The zero-order valence-electron chi connectivity index (χ0n) is 9.71. The van der Waals surface area contributed by atoms with Gasteiger partial charge in [-0.3, -0.25) is 10.2 Å². The molecular weight excluding hydrogens is 230 g/mol. The summed E-state index contributed by atoms with van der Waals surface area (Å²) in [7, 11) is 1.64. The van der Waals surface area contributed by atoms with Gasteiger partial charge >= 0.3 is 0 Å². The number of methoxy groups -OCH3 is 1.